The first-order valence-corrected chi connectivity index (χ1v) is 6.98. The fraction of sp³-hybridized carbons (Fsp3) is 0.636. The van der Waals surface area contributed by atoms with Crippen molar-refractivity contribution in [2.24, 2.45) is 0 Å². The van der Waals surface area contributed by atoms with Crippen LogP contribution in [0.5, 0.6) is 0 Å². The van der Waals surface area contributed by atoms with Crippen LogP contribution >= 0.6 is 11.8 Å². The normalized spacial score (nSPS) is 20.2. The molecule has 17 heavy (non-hydrogen) atoms. The van der Waals surface area contributed by atoms with Crippen LogP contribution in [0.4, 0.5) is 0 Å². The van der Waals surface area contributed by atoms with Gasteiger partial charge in [0, 0.05) is 48.3 Å². The van der Waals surface area contributed by atoms with Gasteiger partial charge in [0.05, 0.1) is 6.20 Å². The number of nitrogens with one attached hydrogen (secondary N) is 3. The van der Waals surface area contributed by atoms with Crippen LogP contribution in [0.15, 0.2) is 6.20 Å². The van der Waals surface area contributed by atoms with Crippen LogP contribution in [0.3, 0.4) is 0 Å². The molecule has 1 aromatic rings. The molecule has 1 amide bonds. The first kappa shape index (κ1) is 12.4. The maximum atomic E-state index is 11.7. The Bertz CT molecular complexity index is 373. The molecule has 1 aromatic heterocycles. The van der Waals surface area contributed by atoms with Gasteiger partial charge >= 0.3 is 0 Å². The average molecular weight is 254 g/mol. The van der Waals surface area contributed by atoms with E-state index in [1.54, 1.807) is 6.20 Å². The van der Waals surface area contributed by atoms with Crippen molar-refractivity contribution in [3.63, 3.8) is 0 Å². The molecular weight excluding hydrogens is 236 g/mol. The quantitative estimate of drug-likeness (QED) is 0.729. The molecule has 1 fully saturated rings. The minimum atomic E-state index is 0.102. The van der Waals surface area contributed by atoms with Crippen molar-refractivity contribution in [2.75, 3.05) is 18.1 Å². The number of aromatic amines is 1. The fourth-order valence-electron chi connectivity index (χ4n) is 1.79. The molecule has 3 N–H and O–H groups in total. The van der Waals surface area contributed by atoms with Crippen molar-refractivity contribution in [3.8, 4) is 0 Å². The Kier molecular flexibility index (Phi) is 4.44. The summed E-state index contributed by atoms with van der Waals surface area (Å²) in [4.78, 5) is 11.7. The second-order valence-corrected chi connectivity index (χ2v) is 5.38. The third-order valence-corrected chi connectivity index (χ3v) is 3.97. The summed E-state index contributed by atoms with van der Waals surface area (Å²) in [6, 6.07) is 0.319. The molecule has 1 atom stereocenters. The number of amides is 1. The highest BCUT2D eigenvalue weighted by Gasteiger charge is 2.16. The number of carbonyl (C=O) groups excluding carboxylic acids is 1. The fourth-order valence-corrected chi connectivity index (χ4v) is 2.74. The van der Waals surface area contributed by atoms with Crippen molar-refractivity contribution >= 4 is 17.7 Å². The predicted molar refractivity (Wildman–Crippen MR) is 68.9 cm³/mol. The lowest BCUT2D eigenvalue weighted by molar-refractivity contribution is -0.121. The summed E-state index contributed by atoms with van der Waals surface area (Å²) in [6.45, 7) is 3.51. The van der Waals surface area contributed by atoms with Crippen molar-refractivity contribution < 1.29 is 4.79 Å². The number of hydrogen-bond acceptors (Lipinski definition) is 4. The van der Waals surface area contributed by atoms with E-state index in [4.69, 9.17) is 0 Å². The maximum absolute atomic E-state index is 11.7. The maximum Gasteiger partial charge on any atom is 0.221 e. The molecule has 94 valence electrons. The minimum absolute atomic E-state index is 0.102. The number of hydrogen-bond donors (Lipinski definition) is 3. The van der Waals surface area contributed by atoms with Gasteiger partial charge in [-0.05, 0) is 6.92 Å². The van der Waals surface area contributed by atoms with Crippen molar-refractivity contribution in [2.45, 2.75) is 25.9 Å². The molecule has 0 radical (unpaired) electrons. The summed E-state index contributed by atoms with van der Waals surface area (Å²) in [7, 11) is 0. The van der Waals surface area contributed by atoms with Gasteiger partial charge < -0.3 is 10.6 Å². The third-order valence-electron chi connectivity index (χ3n) is 2.84. The Morgan fingerprint density at radius 3 is 3.24 bits per heavy atom. The highest BCUT2D eigenvalue weighted by atomic mass is 32.2. The molecule has 0 aromatic carbocycles. The lowest BCUT2D eigenvalue weighted by atomic mass is 10.2. The van der Waals surface area contributed by atoms with Gasteiger partial charge in [-0.1, -0.05) is 0 Å². The van der Waals surface area contributed by atoms with Gasteiger partial charge in [0.1, 0.15) is 0 Å². The number of rotatable bonds is 4. The molecule has 2 rings (SSSR count). The zero-order valence-electron chi connectivity index (χ0n) is 9.95. The number of carbonyl (C=O) groups is 1. The Balaban J connectivity index is 1.72. The van der Waals surface area contributed by atoms with Gasteiger partial charge in [0.25, 0.3) is 0 Å². The molecule has 0 bridgehead atoms. The number of H-pyrrole nitrogens is 1. The van der Waals surface area contributed by atoms with Gasteiger partial charge in [0.2, 0.25) is 5.91 Å². The summed E-state index contributed by atoms with van der Waals surface area (Å²) in [5.41, 5.74) is 2.06. The third kappa shape index (κ3) is 3.74. The zero-order chi connectivity index (χ0) is 12.1. The van der Waals surface area contributed by atoms with Crippen LogP contribution < -0.4 is 10.6 Å². The van der Waals surface area contributed by atoms with Crippen molar-refractivity contribution in [1.82, 2.24) is 20.8 Å². The summed E-state index contributed by atoms with van der Waals surface area (Å²) in [6.07, 6.45) is 2.31. The van der Waals surface area contributed by atoms with E-state index < -0.39 is 0 Å². The van der Waals surface area contributed by atoms with Crippen LogP contribution in [0.1, 0.15) is 17.7 Å². The molecule has 5 nitrogen and oxygen atoms in total. The smallest absolute Gasteiger partial charge is 0.221 e. The Morgan fingerprint density at radius 2 is 2.59 bits per heavy atom. The van der Waals surface area contributed by atoms with E-state index in [2.05, 4.69) is 20.8 Å². The van der Waals surface area contributed by atoms with Gasteiger partial charge in [-0.25, -0.2) is 0 Å². The molecule has 6 heteroatoms. The zero-order valence-corrected chi connectivity index (χ0v) is 10.8. The van der Waals surface area contributed by atoms with Crippen LogP contribution in [0.25, 0.3) is 0 Å². The van der Waals surface area contributed by atoms with Gasteiger partial charge in [-0.15, -0.1) is 0 Å². The standard InChI is InChI=1S/C11H18N4OS/c1-8-9(6-14-15-8)5-13-11(16)4-10-7-17-3-2-12-10/h6,10,12H,2-5,7H2,1H3,(H,13,16)(H,14,15). The van der Waals surface area contributed by atoms with Crippen LogP contribution in [0, 0.1) is 6.92 Å². The first-order valence-electron chi connectivity index (χ1n) is 5.82. The topological polar surface area (TPSA) is 69.8 Å². The van der Waals surface area contributed by atoms with E-state index in [1.807, 2.05) is 18.7 Å². The summed E-state index contributed by atoms with van der Waals surface area (Å²) in [5.74, 6) is 2.27. The Hall–Kier alpha value is -1.01. The second-order valence-electron chi connectivity index (χ2n) is 4.23. The van der Waals surface area contributed by atoms with E-state index in [1.165, 1.54) is 0 Å². The largest absolute Gasteiger partial charge is 0.352 e. The van der Waals surface area contributed by atoms with Gasteiger partial charge in [-0.3, -0.25) is 9.89 Å². The highest BCUT2D eigenvalue weighted by molar-refractivity contribution is 7.99. The van der Waals surface area contributed by atoms with Gasteiger partial charge in [0.15, 0.2) is 0 Å². The molecule has 0 saturated carbocycles. The summed E-state index contributed by atoms with van der Waals surface area (Å²) < 4.78 is 0. The lowest BCUT2D eigenvalue weighted by Gasteiger charge is -2.22. The van der Waals surface area contributed by atoms with Crippen molar-refractivity contribution in [3.05, 3.63) is 17.5 Å². The summed E-state index contributed by atoms with van der Waals surface area (Å²) >= 11 is 1.91. The highest BCUT2D eigenvalue weighted by Crippen LogP contribution is 2.10. The van der Waals surface area contributed by atoms with E-state index >= 15 is 0 Å². The molecule has 2 heterocycles. The van der Waals surface area contributed by atoms with Crippen LogP contribution in [-0.2, 0) is 11.3 Å². The number of aryl methyl sites for hydroxylation is 1. The number of thioether (sulfide) groups is 1. The van der Waals surface area contributed by atoms with Crippen LogP contribution in [-0.4, -0.2) is 40.2 Å². The number of nitrogens with zero attached hydrogens (tertiary/aromatic N) is 1. The Morgan fingerprint density at radius 1 is 1.71 bits per heavy atom. The monoisotopic (exact) mass is 254 g/mol. The molecule has 1 aliphatic heterocycles. The molecule has 0 aliphatic carbocycles. The lowest BCUT2D eigenvalue weighted by Crippen LogP contribution is -2.41. The molecule has 1 aliphatic rings. The van der Waals surface area contributed by atoms with Crippen molar-refractivity contribution in [1.29, 1.82) is 0 Å². The van der Waals surface area contributed by atoms with E-state index in [-0.39, 0.29) is 5.91 Å². The molecule has 1 saturated heterocycles. The SMILES string of the molecule is Cc1[nH]ncc1CNC(=O)CC1CSCCN1. The summed E-state index contributed by atoms with van der Waals surface area (Å²) in [5, 5.41) is 13.1. The molecular formula is C11H18N4OS. The molecule has 1 unspecified atom stereocenters. The predicted octanol–water partition coefficient (Wildman–Crippen LogP) is 0.429. The van der Waals surface area contributed by atoms with E-state index in [0.717, 1.165) is 29.3 Å². The minimum Gasteiger partial charge on any atom is -0.352 e. The average Bonchev–Trinajstić information content (AvgIpc) is 2.74. The second kappa shape index (κ2) is 6.07. The molecule has 0 spiro atoms. The van der Waals surface area contributed by atoms with E-state index in [9.17, 15) is 4.79 Å². The first-order chi connectivity index (χ1) is 8.25. The number of aromatic nitrogens is 2. The van der Waals surface area contributed by atoms with Crippen LogP contribution in [0.2, 0.25) is 0 Å². The van der Waals surface area contributed by atoms with E-state index in [0.29, 0.717) is 19.0 Å². The Labute approximate surface area is 105 Å². The van der Waals surface area contributed by atoms with Gasteiger partial charge in [-0.2, -0.15) is 16.9 Å².